The van der Waals surface area contributed by atoms with Gasteiger partial charge < -0.3 is 25.3 Å². The van der Waals surface area contributed by atoms with E-state index in [0.717, 1.165) is 44.6 Å². The highest BCUT2D eigenvalue weighted by Gasteiger charge is 2.29. The molecule has 8 nitrogen and oxygen atoms in total. The molecule has 2 aliphatic carbocycles. The number of nitrogens with zero attached hydrogens (tertiary/aromatic N) is 2. The zero-order valence-corrected chi connectivity index (χ0v) is 17.7. The zero-order valence-electron chi connectivity index (χ0n) is 17.7. The third-order valence-electron chi connectivity index (χ3n) is 5.64. The van der Waals surface area contributed by atoms with E-state index in [9.17, 15) is 13.6 Å². The Morgan fingerprint density at radius 1 is 1.19 bits per heavy atom. The highest BCUT2D eigenvalue weighted by Crippen LogP contribution is 2.35. The lowest BCUT2D eigenvalue weighted by molar-refractivity contribution is -0.00550. The van der Waals surface area contributed by atoms with Gasteiger partial charge in [-0.15, -0.1) is 0 Å². The van der Waals surface area contributed by atoms with Crippen LogP contribution in [0.15, 0.2) is 6.07 Å². The van der Waals surface area contributed by atoms with Gasteiger partial charge >= 0.3 is 6.03 Å². The Balaban J connectivity index is 1.37. The molecule has 31 heavy (non-hydrogen) atoms. The molecular formula is C21H28F2N4O4. The van der Waals surface area contributed by atoms with Crippen molar-refractivity contribution in [2.45, 2.75) is 69.8 Å². The number of hydrogen-bond acceptors (Lipinski definition) is 5. The zero-order chi connectivity index (χ0) is 22.1. The van der Waals surface area contributed by atoms with E-state index in [1.807, 2.05) is 6.92 Å². The van der Waals surface area contributed by atoms with Crippen LogP contribution >= 0.6 is 0 Å². The van der Waals surface area contributed by atoms with E-state index in [1.54, 1.807) is 7.05 Å². The van der Waals surface area contributed by atoms with Crippen LogP contribution in [0.4, 0.5) is 13.6 Å². The number of primary amides is 1. The van der Waals surface area contributed by atoms with Gasteiger partial charge in [-0.1, -0.05) is 0 Å². The summed E-state index contributed by atoms with van der Waals surface area (Å²) in [6.45, 7) is 2.21. The summed E-state index contributed by atoms with van der Waals surface area (Å²) in [5, 5.41) is 2.58. The molecule has 0 radical (unpaired) electrons. The van der Waals surface area contributed by atoms with Crippen molar-refractivity contribution in [2.24, 2.45) is 12.8 Å². The average Bonchev–Trinajstić information content (AvgIpc) is 3.47. The number of imidazole rings is 1. The number of hydrogen-bond donors (Lipinski definition) is 2. The molecule has 0 bridgehead atoms. The Labute approximate surface area is 179 Å². The minimum atomic E-state index is -0.631. The normalized spacial score (nSPS) is 22.3. The second-order valence-corrected chi connectivity index (χ2v) is 8.40. The van der Waals surface area contributed by atoms with Crippen molar-refractivity contribution in [3.63, 3.8) is 0 Å². The summed E-state index contributed by atoms with van der Waals surface area (Å²) in [4.78, 5) is 15.1. The van der Waals surface area contributed by atoms with Crippen molar-refractivity contribution in [3.05, 3.63) is 17.7 Å². The molecule has 2 fully saturated rings. The van der Waals surface area contributed by atoms with E-state index >= 15 is 0 Å². The number of nitrogens with one attached hydrogen (secondary N) is 1. The van der Waals surface area contributed by atoms with Crippen molar-refractivity contribution in [2.75, 3.05) is 6.61 Å². The van der Waals surface area contributed by atoms with Gasteiger partial charge in [0.05, 0.1) is 24.9 Å². The predicted molar refractivity (Wildman–Crippen MR) is 109 cm³/mol. The molecule has 2 saturated carbocycles. The number of halogens is 2. The lowest BCUT2D eigenvalue weighted by Gasteiger charge is -2.29. The van der Waals surface area contributed by atoms with E-state index in [0.29, 0.717) is 6.61 Å². The number of carbonyl (C=O) groups excluding carboxylic acids is 1. The molecule has 0 spiro atoms. The maximum atomic E-state index is 14.9. The monoisotopic (exact) mass is 438 g/mol. The molecule has 170 valence electrons. The molecule has 2 aromatic rings. The van der Waals surface area contributed by atoms with Gasteiger partial charge in [-0.3, -0.25) is 4.57 Å². The van der Waals surface area contributed by atoms with Gasteiger partial charge in [0, 0.05) is 13.1 Å². The smallest absolute Gasteiger partial charge is 0.312 e. The fraction of sp³-hybridized carbons (Fsp3) is 0.619. The summed E-state index contributed by atoms with van der Waals surface area (Å²) in [5.41, 5.74) is 5.08. The number of fused-ring (bicyclic) bond motifs is 1. The fourth-order valence-corrected chi connectivity index (χ4v) is 3.85. The number of aryl methyl sites for hydroxylation is 1. The lowest BCUT2D eigenvalue weighted by atomic mass is 9.95. The Hall–Kier alpha value is -2.62. The Morgan fingerprint density at radius 2 is 1.81 bits per heavy atom. The van der Waals surface area contributed by atoms with E-state index in [4.69, 9.17) is 19.9 Å². The molecule has 0 unspecified atom stereocenters. The first-order valence-corrected chi connectivity index (χ1v) is 10.7. The van der Waals surface area contributed by atoms with Crippen molar-refractivity contribution in [3.8, 4) is 11.8 Å². The molecule has 4 rings (SSSR count). The summed E-state index contributed by atoms with van der Waals surface area (Å²) in [5.74, 6) is -1.34. The summed E-state index contributed by atoms with van der Waals surface area (Å²) in [6.07, 6.45) is 4.62. The van der Waals surface area contributed by atoms with Crippen molar-refractivity contribution in [1.29, 1.82) is 0 Å². The van der Waals surface area contributed by atoms with Gasteiger partial charge in [0.2, 0.25) is 0 Å². The van der Waals surface area contributed by atoms with Gasteiger partial charge in [0.15, 0.2) is 17.4 Å². The number of ether oxygens (including phenoxy) is 3. The molecule has 0 saturated heterocycles. The number of benzene rings is 1. The molecule has 1 heterocycles. The second kappa shape index (κ2) is 8.86. The predicted octanol–water partition coefficient (Wildman–Crippen LogP) is 3.16. The third-order valence-corrected chi connectivity index (χ3v) is 5.64. The van der Waals surface area contributed by atoms with Crippen LogP contribution in [0.2, 0.25) is 0 Å². The SMILES string of the molecule is C[C@@H](COC1CCC(Oc2nc3c(F)cc(OC4CC4)c(F)c3n2C)CC1)NC(N)=O. The van der Waals surface area contributed by atoms with Crippen LogP contribution in [-0.4, -0.2) is 46.5 Å². The summed E-state index contributed by atoms with van der Waals surface area (Å²) in [6, 6.07) is 0.503. The maximum Gasteiger partial charge on any atom is 0.312 e. The number of carbonyl (C=O) groups is 1. The van der Waals surface area contributed by atoms with Gasteiger partial charge in [0.25, 0.3) is 6.01 Å². The van der Waals surface area contributed by atoms with Gasteiger partial charge in [-0.25, -0.2) is 13.6 Å². The van der Waals surface area contributed by atoms with Crippen LogP contribution in [0, 0.1) is 11.6 Å². The lowest BCUT2D eigenvalue weighted by Crippen LogP contribution is -2.40. The number of aromatic nitrogens is 2. The average molecular weight is 438 g/mol. The van der Waals surface area contributed by atoms with E-state index in [1.165, 1.54) is 4.57 Å². The first-order chi connectivity index (χ1) is 14.8. The fourth-order valence-electron chi connectivity index (χ4n) is 3.85. The largest absolute Gasteiger partial charge is 0.487 e. The number of nitrogens with two attached hydrogens (primary N) is 1. The quantitative estimate of drug-likeness (QED) is 0.659. The molecule has 2 aliphatic rings. The first-order valence-electron chi connectivity index (χ1n) is 10.7. The third kappa shape index (κ3) is 5.00. The minimum absolute atomic E-state index is 0.0396. The Kier molecular flexibility index (Phi) is 6.17. The summed E-state index contributed by atoms with van der Waals surface area (Å²) in [7, 11) is 1.61. The Morgan fingerprint density at radius 3 is 2.45 bits per heavy atom. The number of rotatable bonds is 8. The first kappa shape index (κ1) is 21.6. The molecule has 2 amide bonds. The van der Waals surface area contributed by atoms with E-state index in [2.05, 4.69) is 10.3 Å². The van der Waals surface area contributed by atoms with Crippen LogP contribution in [-0.2, 0) is 11.8 Å². The molecule has 1 aromatic heterocycles. The van der Waals surface area contributed by atoms with Gasteiger partial charge in [-0.2, -0.15) is 4.98 Å². The van der Waals surface area contributed by atoms with Crippen LogP contribution in [0.5, 0.6) is 11.8 Å². The van der Waals surface area contributed by atoms with Crippen LogP contribution in [0.25, 0.3) is 11.0 Å². The minimum Gasteiger partial charge on any atom is -0.487 e. The second-order valence-electron chi connectivity index (χ2n) is 8.40. The van der Waals surface area contributed by atoms with Crippen LogP contribution in [0.1, 0.15) is 45.4 Å². The van der Waals surface area contributed by atoms with E-state index < -0.39 is 17.7 Å². The molecule has 1 atom stereocenters. The van der Waals surface area contributed by atoms with Crippen LogP contribution in [0.3, 0.4) is 0 Å². The number of urea groups is 1. The maximum absolute atomic E-state index is 14.9. The van der Waals surface area contributed by atoms with Crippen molar-refractivity contribution in [1.82, 2.24) is 14.9 Å². The topological polar surface area (TPSA) is 101 Å². The summed E-state index contributed by atoms with van der Waals surface area (Å²) < 4.78 is 48.2. The molecular weight excluding hydrogens is 410 g/mol. The molecule has 0 aliphatic heterocycles. The summed E-state index contributed by atoms with van der Waals surface area (Å²) >= 11 is 0. The molecule has 10 heteroatoms. The van der Waals surface area contributed by atoms with Crippen molar-refractivity contribution < 1.29 is 27.8 Å². The van der Waals surface area contributed by atoms with E-state index in [-0.39, 0.29) is 47.1 Å². The molecule has 1 aromatic carbocycles. The van der Waals surface area contributed by atoms with Crippen molar-refractivity contribution >= 4 is 17.1 Å². The number of amides is 2. The standard InChI is InChI=1S/C21H28F2N4O4/c1-11(25-20(24)28)10-29-12-3-5-14(6-4-12)31-21-26-18-15(22)9-16(30-13-7-8-13)17(23)19(18)27(21)2/h9,11-14H,3-8,10H2,1-2H3,(H3,24,25,28)/t11-,12?,14?/m0/s1. The molecule has 3 N–H and O–H groups in total. The van der Waals surface area contributed by atoms with Gasteiger partial charge in [-0.05, 0) is 45.4 Å². The Bertz CT molecular complexity index is 955. The highest BCUT2D eigenvalue weighted by molar-refractivity contribution is 5.80. The highest BCUT2D eigenvalue weighted by atomic mass is 19.1. The van der Waals surface area contributed by atoms with Gasteiger partial charge in [0.1, 0.15) is 17.1 Å². The van der Waals surface area contributed by atoms with Crippen LogP contribution < -0.4 is 20.5 Å².